The van der Waals surface area contributed by atoms with Gasteiger partial charge in [0.1, 0.15) is 17.2 Å². The highest BCUT2D eigenvalue weighted by Crippen LogP contribution is 2.74. The molecule has 5 atom stereocenters. The summed E-state index contributed by atoms with van der Waals surface area (Å²) < 4.78 is 21.9. The van der Waals surface area contributed by atoms with E-state index in [9.17, 15) is 14.4 Å². The molecule has 8 nitrogen and oxygen atoms in total. The third kappa shape index (κ3) is 2.46. The van der Waals surface area contributed by atoms with Crippen LogP contribution < -0.4 is 4.90 Å². The predicted octanol–water partition coefficient (Wildman–Crippen LogP) is 2.09. The van der Waals surface area contributed by atoms with E-state index in [4.69, 9.17) is 18.9 Å². The number of hydrogen-bond acceptors (Lipinski definition) is 7. The summed E-state index contributed by atoms with van der Waals surface area (Å²) in [4.78, 5) is 40.6. The number of benzene rings is 1. The van der Waals surface area contributed by atoms with E-state index in [2.05, 4.69) is 23.7 Å². The Balaban J connectivity index is 1.92. The van der Waals surface area contributed by atoms with Crippen LogP contribution in [-0.4, -0.2) is 51.0 Å². The van der Waals surface area contributed by atoms with Crippen molar-refractivity contribution in [2.24, 2.45) is 11.8 Å². The van der Waals surface area contributed by atoms with E-state index >= 15 is 0 Å². The van der Waals surface area contributed by atoms with Gasteiger partial charge < -0.3 is 18.9 Å². The molecular formula is C26H21NO7. The Labute approximate surface area is 196 Å². The Morgan fingerprint density at radius 1 is 0.941 bits per heavy atom. The number of nitrogens with zero attached hydrogens (tertiary/aromatic N) is 1. The quantitative estimate of drug-likeness (QED) is 0.289. The number of rotatable bonds is 2. The molecule has 1 aromatic carbocycles. The van der Waals surface area contributed by atoms with Crippen molar-refractivity contribution in [3.05, 3.63) is 53.1 Å². The molecule has 4 aliphatic rings. The summed E-state index contributed by atoms with van der Waals surface area (Å²) in [6.45, 7) is 1.76. The van der Waals surface area contributed by atoms with Gasteiger partial charge in [-0.05, 0) is 18.2 Å². The first kappa shape index (κ1) is 21.8. The first-order chi connectivity index (χ1) is 16.4. The summed E-state index contributed by atoms with van der Waals surface area (Å²) in [7, 11) is 3.78. The molecule has 0 unspecified atom stereocenters. The van der Waals surface area contributed by atoms with Gasteiger partial charge in [-0.3, -0.25) is 4.90 Å². The molecule has 1 saturated heterocycles. The number of para-hydroxylation sites is 1. The van der Waals surface area contributed by atoms with E-state index in [0.29, 0.717) is 11.3 Å². The lowest BCUT2D eigenvalue weighted by atomic mass is 9.58. The Morgan fingerprint density at radius 2 is 1.59 bits per heavy atom. The molecule has 4 bridgehead atoms. The maximum atomic E-state index is 13.1. The first-order valence-corrected chi connectivity index (χ1v) is 10.6. The molecule has 1 amide bonds. The Morgan fingerprint density at radius 3 is 2.26 bits per heavy atom. The van der Waals surface area contributed by atoms with E-state index in [1.165, 1.54) is 26.2 Å². The van der Waals surface area contributed by atoms with E-state index in [1.54, 1.807) is 31.2 Å². The molecule has 0 saturated carbocycles. The summed E-state index contributed by atoms with van der Waals surface area (Å²) in [5.41, 5.74) is -0.956. The van der Waals surface area contributed by atoms with Gasteiger partial charge >= 0.3 is 18.0 Å². The van der Waals surface area contributed by atoms with Crippen molar-refractivity contribution >= 4 is 23.7 Å². The summed E-state index contributed by atoms with van der Waals surface area (Å²) in [6.07, 6.45) is 2.50. The first-order valence-electron chi connectivity index (χ1n) is 10.6. The normalized spacial score (nSPS) is 32.4. The number of allylic oxidation sites excluding steroid dienone is 2. The summed E-state index contributed by atoms with van der Waals surface area (Å²) in [5.74, 6) is 9.15. The molecule has 8 heteroatoms. The van der Waals surface area contributed by atoms with Gasteiger partial charge in [0.15, 0.2) is 0 Å². The second-order valence-corrected chi connectivity index (χ2v) is 8.27. The lowest BCUT2D eigenvalue weighted by Crippen LogP contribution is -2.61. The van der Waals surface area contributed by atoms with Crippen LogP contribution in [0.2, 0.25) is 0 Å². The van der Waals surface area contributed by atoms with Crippen molar-refractivity contribution in [3.8, 4) is 23.7 Å². The molecule has 0 N–H and O–H groups in total. The molecule has 5 rings (SSSR count). The van der Waals surface area contributed by atoms with Crippen LogP contribution in [-0.2, 0) is 34.1 Å². The van der Waals surface area contributed by atoms with Crippen molar-refractivity contribution in [3.63, 3.8) is 0 Å². The number of ether oxygens (including phenoxy) is 4. The Hall–Kier alpha value is -4.01. The maximum absolute atomic E-state index is 13.1. The highest BCUT2D eigenvalue weighted by atomic mass is 16.6. The molecule has 0 spiro atoms. The number of hydrogen-bond donors (Lipinski definition) is 0. The third-order valence-corrected chi connectivity index (χ3v) is 7.04. The van der Waals surface area contributed by atoms with Gasteiger partial charge in [0, 0.05) is 11.5 Å². The Kier molecular flexibility index (Phi) is 4.82. The second kappa shape index (κ2) is 7.51. The highest BCUT2D eigenvalue weighted by molar-refractivity contribution is 6.04. The highest BCUT2D eigenvalue weighted by Gasteiger charge is 2.86. The fourth-order valence-corrected chi connectivity index (χ4v) is 5.71. The fraction of sp³-hybridized carbons (Fsp3) is 0.346. The number of esters is 2. The van der Waals surface area contributed by atoms with Crippen molar-refractivity contribution in [2.75, 3.05) is 26.2 Å². The van der Waals surface area contributed by atoms with E-state index in [1.807, 2.05) is 12.1 Å². The van der Waals surface area contributed by atoms with Gasteiger partial charge in [-0.15, -0.1) is 0 Å². The van der Waals surface area contributed by atoms with Crippen LogP contribution in [0.5, 0.6) is 0 Å². The third-order valence-electron chi connectivity index (χ3n) is 7.04. The van der Waals surface area contributed by atoms with Crippen molar-refractivity contribution in [1.29, 1.82) is 0 Å². The SMILES string of the molecule is COC(=O)C1=C(C(=O)OC)[C@H](C)[C@@]23O[C@]24c2ccccc2N(C(=O)OC)[C@H]3C#C/C=C\C#C[C@H]14. The standard InChI is InChI=1S/C26H21NO7/c1-15-20(22(28)31-2)21(23(29)32-3)17-12-7-5-6-8-14-19-25(15)26(17,34-25)16-11-9-10-13-18(16)27(19)24(30)33-4/h5-6,9-11,13,15,17,19H,1-4H3/b6-5-/t15-,17+,19-,25-,26-/m0/s1. The largest absolute Gasteiger partial charge is 0.466 e. The Bertz CT molecular complexity index is 1320. The monoisotopic (exact) mass is 459 g/mol. The molecule has 172 valence electrons. The van der Waals surface area contributed by atoms with E-state index in [-0.39, 0.29) is 11.1 Å². The lowest BCUT2D eigenvalue weighted by molar-refractivity contribution is -0.140. The van der Waals surface area contributed by atoms with Gasteiger partial charge in [-0.25, -0.2) is 14.4 Å². The zero-order valence-electron chi connectivity index (χ0n) is 19.0. The molecular weight excluding hydrogens is 438 g/mol. The van der Waals surface area contributed by atoms with Crippen LogP contribution in [0.3, 0.4) is 0 Å². The number of amides is 1. The number of methoxy groups -OCH3 is 3. The maximum Gasteiger partial charge on any atom is 0.415 e. The van der Waals surface area contributed by atoms with Crippen molar-refractivity contribution < 1.29 is 33.3 Å². The molecule has 34 heavy (non-hydrogen) atoms. The minimum atomic E-state index is -1.19. The smallest absolute Gasteiger partial charge is 0.415 e. The minimum Gasteiger partial charge on any atom is -0.466 e. The fourth-order valence-electron chi connectivity index (χ4n) is 5.71. The molecule has 0 radical (unpaired) electrons. The topological polar surface area (TPSA) is 94.7 Å². The van der Waals surface area contributed by atoms with Crippen molar-refractivity contribution in [1.82, 2.24) is 0 Å². The zero-order chi connectivity index (χ0) is 24.3. The van der Waals surface area contributed by atoms with Crippen LogP contribution in [0.25, 0.3) is 0 Å². The summed E-state index contributed by atoms with van der Waals surface area (Å²) in [6, 6.07) is 6.38. The van der Waals surface area contributed by atoms with Crippen LogP contribution in [0, 0.1) is 35.5 Å². The van der Waals surface area contributed by atoms with E-state index in [0.717, 1.165) is 0 Å². The molecule has 1 fully saturated rings. The summed E-state index contributed by atoms with van der Waals surface area (Å²) >= 11 is 0. The van der Waals surface area contributed by atoms with E-state index < -0.39 is 47.1 Å². The minimum absolute atomic E-state index is 0.0875. The molecule has 2 aliphatic carbocycles. The molecule has 0 aromatic heterocycles. The summed E-state index contributed by atoms with van der Waals surface area (Å²) in [5, 5.41) is 0. The van der Waals surface area contributed by atoms with Crippen LogP contribution in [0.4, 0.5) is 10.5 Å². The average molecular weight is 459 g/mol. The predicted molar refractivity (Wildman–Crippen MR) is 119 cm³/mol. The zero-order valence-corrected chi connectivity index (χ0v) is 19.0. The lowest BCUT2D eigenvalue weighted by Gasteiger charge is -2.46. The molecule has 1 aromatic rings. The number of carbonyl (C=O) groups is 3. The van der Waals surface area contributed by atoms with Crippen LogP contribution in [0.1, 0.15) is 12.5 Å². The molecule has 2 aliphatic heterocycles. The number of fused-ring (bicyclic) bond motifs is 1. The van der Waals surface area contributed by atoms with Gasteiger partial charge in [0.25, 0.3) is 0 Å². The van der Waals surface area contributed by atoms with Gasteiger partial charge in [-0.1, -0.05) is 48.8 Å². The van der Waals surface area contributed by atoms with Gasteiger partial charge in [0.2, 0.25) is 0 Å². The second-order valence-electron chi connectivity index (χ2n) is 8.27. The van der Waals surface area contributed by atoms with Gasteiger partial charge in [-0.2, -0.15) is 0 Å². The van der Waals surface area contributed by atoms with Crippen LogP contribution in [0.15, 0.2) is 47.6 Å². The number of anilines is 1. The van der Waals surface area contributed by atoms with Crippen molar-refractivity contribution in [2.45, 2.75) is 24.2 Å². The van der Waals surface area contributed by atoms with Crippen LogP contribution >= 0.6 is 0 Å². The number of epoxide rings is 1. The van der Waals surface area contributed by atoms with Gasteiger partial charge in [0.05, 0.1) is 44.1 Å². The average Bonchev–Trinajstić information content (AvgIpc) is 3.58. The number of carbonyl (C=O) groups excluding carboxylic acids is 3. The molecule has 2 heterocycles.